The average molecular weight is 262 g/mol. The van der Waals surface area contributed by atoms with Gasteiger partial charge in [-0.1, -0.05) is 18.6 Å². The molecule has 0 N–H and O–H groups in total. The minimum atomic E-state index is -0.0673. The van der Waals surface area contributed by atoms with Gasteiger partial charge in [-0.05, 0) is 49.3 Å². The van der Waals surface area contributed by atoms with Gasteiger partial charge in [0, 0.05) is 6.42 Å². The summed E-state index contributed by atoms with van der Waals surface area (Å²) in [5.74, 6) is 1.69. The molecule has 3 nitrogen and oxygen atoms in total. The highest BCUT2D eigenvalue weighted by Crippen LogP contribution is 2.42. The molecule has 0 spiro atoms. The minimum Gasteiger partial charge on any atom is -0.497 e. The maximum Gasteiger partial charge on any atom is 0.306 e. The third-order valence-corrected chi connectivity index (χ3v) is 3.92. The first kappa shape index (κ1) is 13.9. The van der Waals surface area contributed by atoms with Gasteiger partial charge in [-0.3, -0.25) is 4.79 Å². The summed E-state index contributed by atoms with van der Waals surface area (Å²) in [7, 11) is 1.68. The van der Waals surface area contributed by atoms with Gasteiger partial charge in [0.1, 0.15) is 5.75 Å². The lowest BCUT2D eigenvalue weighted by atomic mass is 9.87. The molecule has 0 unspecified atom stereocenters. The van der Waals surface area contributed by atoms with Crippen molar-refractivity contribution in [2.45, 2.75) is 38.5 Å². The molecule has 19 heavy (non-hydrogen) atoms. The van der Waals surface area contributed by atoms with Crippen molar-refractivity contribution in [2.24, 2.45) is 5.92 Å². The highest BCUT2D eigenvalue weighted by Gasteiger charge is 2.30. The van der Waals surface area contributed by atoms with Crippen molar-refractivity contribution in [3.63, 3.8) is 0 Å². The van der Waals surface area contributed by atoms with Crippen LogP contribution in [-0.2, 0) is 9.53 Å². The maximum atomic E-state index is 11.7. The quantitative estimate of drug-likeness (QED) is 0.761. The van der Waals surface area contributed by atoms with Gasteiger partial charge in [-0.2, -0.15) is 0 Å². The number of methoxy groups -OCH3 is 1. The van der Waals surface area contributed by atoms with Crippen LogP contribution in [0.5, 0.6) is 5.75 Å². The molecule has 0 heterocycles. The van der Waals surface area contributed by atoms with E-state index in [9.17, 15) is 4.79 Å². The standard InChI is InChI=1S/C16H22O3/c1-3-19-16(17)11-13-7-5-9-15(13)12-6-4-8-14(10-12)18-2/h4,6,8,10,13,15H,3,5,7,9,11H2,1-2H3/t13-,15+/m1/s1. The molecular weight excluding hydrogens is 240 g/mol. The normalized spacial score (nSPS) is 22.2. The topological polar surface area (TPSA) is 35.5 Å². The number of hydrogen-bond donors (Lipinski definition) is 0. The van der Waals surface area contributed by atoms with E-state index < -0.39 is 0 Å². The second kappa shape index (κ2) is 6.60. The van der Waals surface area contributed by atoms with Crippen LogP contribution in [0.4, 0.5) is 0 Å². The molecule has 1 aliphatic carbocycles. The van der Waals surface area contributed by atoms with Crippen LogP contribution in [0, 0.1) is 5.92 Å². The van der Waals surface area contributed by atoms with Crippen molar-refractivity contribution >= 4 is 5.97 Å². The first-order valence-corrected chi connectivity index (χ1v) is 7.04. The Balaban J connectivity index is 2.07. The Morgan fingerprint density at radius 2 is 2.21 bits per heavy atom. The fraction of sp³-hybridized carbons (Fsp3) is 0.562. The van der Waals surface area contributed by atoms with Crippen LogP contribution in [0.25, 0.3) is 0 Å². The average Bonchev–Trinajstić information content (AvgIpc) is 2.87. The van der Waals surface area contributed by atoms with E-state index in [1.54, 1.807) is 7.11 Å². The van der Waals surface area contributed by atoms with Crippen molar-refractivity contribution in [3.05, 3.63) is 29.8 Å². The molecule has 2 rings (SSSR count). The molecule has 1 saturated carbocycles. The first-order chi connectivity index (χ1) is 9.24. The lowest BCUT2D eigenvalue weighted by Crippen LogP contribution is -2.14. The Morgan fingerprint density at radius 1 is 1.37 bits per heavy atom. The molecule has 3 heteroatoms. The zero-order chi connectivity index (χ0) is 13.7. The summed E-state index contributed by atoms with van der Waals surface area (Å²) in [5, 5.41) is 0. The fourth-order valence-corrected chi connectivity index (χ4v) is 3.03. The molecule has 1 aromatic rings. The third kappa shape index (κ3) is 3.49. The molecule has 0 aliphatic heterocycles. The van der Waals surface area contributed by atoms with Crippen molar-refractivity contribution in [3.8, 4) is 5.75 Å². The van der Waals surface area contributed by atoms with Gasteiger partial charge < -0.3 is 9.47 Å². The maximum absolute atomic E-state index is 11.7. The second-order valence-electron chi connectivity index (χ2n) is 5.08. The molecule has 1 aromatic carbocycles. The highest BCUT2D eigenvalue weighted by atomic mass is 16.5. The summed E-state index contributed by atoms with van der Waals surface area (Å²) < 4.78 is 10.3. The number of esters is 1. The van der Waals surface area contributed by atoms with Crippen LogP contribution in [-0.4, -0.2) is 19.7 Å². The van der Waals surface area contributed by atoms with Crippen molar-refractivity contribution in [2.75, 3.05) is 13.7 Å². The predicted octanol–water partition coefficient (Wildman–Crippen LogP) is 3.53. The largest absolute Gasteiger partial charge is 0.497 e. The Kier molecular flexibility index (Phi) is 4.83. The van der Waals surface area contributed by atoms with E-state index in [1.165, 1.54) is 12.0 Å². The third-order valence-electron chi connectivity index (χ3n) is 3.92. The molecule has 104 valence electrons. The lowest BCUT2D eigenvalue weighted by Gasteiger charge is -2.19. The number of carbonyl (C=O) groups is 1. The summed E-state index contributed by atoms with van der Waals surface area (Å²) >= 11 is 0. The van der Waals surface area contributed by atoms with Crippen molar-refractivity contribution in [1.29, 1.82) is 0 Å². The van der Waals surface area contributed by atoms with Crippen LogP contribution in [0.1, 0.15) is 44.1 Å². The fourth-order valence-electron chi connectivity index (χ4n) is 3.03. The molecule has 1 fully saturated rings. The number of carbonyl (C=O) groups excluding carboxylic acids is 1. The summed E-state index contributed by atoms with van der Waals surface area (Å²) in [6.45, 7) is 2.32. The highest BCUT2D eigenvalue weighted by molar-refractivity contribution is 5.69. The summed E-state index contributed by atoms with van der Waals surface area (Å²) in [5.41, 5.74) is 1.28. The minimum absolute atomic E-state index is 0.0673. The number of hydrogen-bond acceptors (Lipinski definition) is 3. The molecule has 2 atom stereocenters. The summed E-state index contributed by atoms with van der Waals surface area (Å²) in [6.07, 6.45) is 3.99. The van der Waals surface area contributed by atoms with E-state index in [2.05, 4.69) is 12.1 Å². The Morgan fingerprint density at radius 3 is 2.95 bits per heavy atom. The van der Waals surface area contributed by atoms with Crippen LogP contribution >= 0.6 is 0 Å². The smallest absolute Gasteiger partial charge is 0.306 e. The van der Waals surface area contributed by atoms with E-state index in [0.29, 0.717) is 24.9 Å². The van der Waals surface area contributed by atoms with Gasteiger partial charge in [-0.25, -0.2) is 0 Å². The van der Waals surface area contributed by atoms with E-state index in [1.807, 2.05) is 19.1 Å². The zero-order valence-corrected chi connectivity index (χ0v) is 11.7. The van der Waals surface area contributed by atoms with E-state index >= 15 is 0 Å². The molecule has 0 radical (unpaired) electrons. The van der Waals surface area contributed by atoms with Crippen LogP contribution < -0.4 is 4.74 Å². The Labute approximate surface area is 114 Å². The lowest BCUT2D eigenvalue weighted by molar-refractivity contribution is -0.144. The van der Waals surface area contributed by atoms with Gasteiger partial charge in [0.15, 0.2) is 0 Å². The monoisotopic (exact) mass is 262 g/mol. The zero-order valence-electron chi connectivity index (χ0n) is 11.7. The Bertz CT molecular complexity index is 428. The predicted molar refractivity (Wildman–Crippen MR) is 74.3 cm³/mol. The molecular formula is C16H22O3. The van der Waals surface area contributed by atoms with Gasteiger partial charge >= 0.3 is 5.97 Å². The van der Waals surface area contributed by atoms with Gasteiger partial charge in [0.05, 0.1) is 13.7 Å². The molecule has 0 bridgehead atoms. The van der Waals surface area contributed by atoms with Gasteiger partial charge in [-0.15, -0.1) is 0 Å². The summed E-state index contributed by atoms with van der Waals surface area (Å²) in [6, 6.07) is 8.21. The number of rotatable bonds is 5. The van der Waals surface area contributed by atoms with E-state index in [4.69, 9.17) is 9.47 Å². The molecule has 1 aliphatic rings. The van der Waals surface area contributed by atoms with Crippen LogP contribution in [0.3, 0.4) is 0 Å². The first-order valence-electron chi connectivity index (χ1n) is 7.04. The molecule has 0 saturated heterocycles. The number of benzene rings is 1. The van der Waals surface area contributed by atoms with Crippen LogP contribution in [0.2, 0.25) is 0 Å². The number of ether oxygens (including phenoxy) is 2. The molecule has 0 amide bonds. The van der Waals surface area contributed by atoms with Gasteiger partial charge in [0.25, 0.3) is 0 Å². The van der Waals surface area contributed by atoms with Gasteiger partial charge in [0.2, 0.25) is 0 Å². The second-order valence-corrected chi connectivity index (χ2v) is 5.08. The molecule has 0 aromatic heterocycles. The van der Waals surface area contributed by atoms with Crippen molar-refractivity contribution in [1.82, 2.24) is 0 Å². The van der Waals surface area contributed by atoms with Crippen molar-refractivity contribution < 1.29 is 14.3 Å². The Hall–Kier alpha value is -1.51. The van der Waals surface area contributed by atoms with E-state index in [0.717, 1.165) is 18.6 Å². The summed E-state index contributed by atoms with van der Waals surface area (Å²) in [4.78, 5) is 11.7. The SMILES string of the molecule is CCOC(=O)C[C@H]1CCC[C@H]1c1cccc(OC)c1. The van der Waals surface area contributed by atoms with E-state index in [-0.39, 0.29) is 5.97 Å². The van der Waals surface area contributed by atoms with Crippen LogP contribution in [0.15, 0.2) is 24.3 Å².